The first-order valence-electron chi connectivity index (χ1n) is 8.52. The number of carbonyl (C=O) groups excluding carboxylic acids is 1. The lowest BCUT2D eigenvalue weighted by Crippen LogP contribution is -2.17. The lowest BCUT2D eigenvalue weighted by molar-refractivity contribution is 0.0679. The van der Waals surface area contributed by atoms with Gasteiger partial charge in [0.25, 0.3) is 5.91 Å². The number of amides is 1. The van der Waals surface area contributed by atoms with Crippen LogP contribution in [-0.2, 0) is 4.74 Å². The van der Waals surface area contributed by atoms with Gasteiger partial charge in [-0.15, -0.1) is 0 Å². The van der Waals surface area contributed by atoms with Crippen LogP contribution in [0.2, 0.25) is 0 Å². The summed E-state index contributed by atoms with van der Waals surface area (Å²) in [5.41, 5.74) is 1.82. The standard InChI is InChI=1S/C20H21NO5/c1-13-7-8-15(20(23)24)11-18(13)21-19(22)14-4-2-5-16(10-14)26-12-17-6-3-9-25-17/h2,4-5,7-8,10-11,17H,3,6,9,12H2,1H3,(H,21,22)(H,23,24). The van der Waals surface area contributed by atoms with Crippen LogP contribution in [0.15, 0.2) is 42.5 Å². The molecule has 2 aromatic rings. The van der Waals surface area contributed by atoms with Crippen LogP contribution in [0.4, 0.5) is 5.69 Å². The van der Waals surface area contributed by atoms with E-state index in [4.69, 9.17) is 14.6 Å². The predicted octanol–water partition coefficient (Wildman–Crippen LogP) is 3.50. The number of carboxylic acids is 1. The molecule has 1 heterocycles. The average molecular weight is 355 g/mol. The molecule has 1 atom stereocenters. The van der Waals surface area contributed by atoms with E-state index in [-0.39, 0.29) is 17.6 Å². The molecule has 1 amide bonds. The number of aromatic carboxylic acids is 1. The van der Waals surface area contributed by atoms with Gasteiger partial charge in [-0.3, -0.25) is 4.79 Å². The molecule has 0 aromatic heterocycles. The smallest absolute Gasteiger partial charge is 0.335 e. The number of hydrogen-bond acceptors (Lipinski definition) is 4. The van der Waals surface area contributed by atoms with E-state index in [1.165, 1.54) is 12.1 Å². The fraction of sp³-hybridized carbons (Fsp3) is 0.300. The van der Waals surface area contributed by atoms with Crippen LogP contribution in [-0.4, -0.2) is 36.3 Å². The third-order valence-electron chi connectivity index (χ3n) is 4.29. The van der Waals surface area contributed by atoms with E-state index in [2.05, 4.69) is 5.32 Å². The minimum absolute atomic E-state index is 0.105. The molecule has 6 nitrogen and oxygen atoms in total. The van der Waals surface area contributed by atoms with Crippen molar-refractivity contribution in [2.24, 2.45) is 0 Å². The van der Waals surface area contributed by atoms with Gasteiger partial charge >= 0.3 is 5.97 Å². The van der Waals surface area contributed by atoms with Crippen molar-refractivity contribution < 1.29 is 24.2 Å². The monoisotopic (exact) mass is 355 g/mol. The first-order chi connectivity index (χ1) is 12.5. The van der Waals surface area contributed by atoms with E-state index in [9.17, 15) is 9.59 Å². The zero-order valence-electron chi connectivity index (χ0n) is 14.5. The van der Waals surface area contributed by atoms with Gasteiger partial charge in [-0.05, 0) is 55.7 Å². The molecule has 0 saturated carbocycles. The lowest BCUT2D eigenvalue weighted by Gasteiger charge is -2.13. The van der Waals surface area contributed by atoms with Gasteiger partial charge in [0, 0.05) is 17.9 Å². The van der Waals surface area contributed by atoms with Crippen LogP contribution < -0.4 is 10.1 Å². The highest BCUT2D eigenvalue weighted by molar-refractivity contribution is 6.05. The van der Waals surface area contributed by atoms with Gasteiger partial charge in [0.15, 0.2) is 0 Å². The van der Waals surface area contributed by atoms with Gasteiger partial charge in [-0.2, -0.15) is 0 Å². The molecule has 6 heteroatoms. The number of aryl methyl sites for hydroxylation is 1. The molecule has 1 aliphatic rings. The molecule has 1 fully saturated rings. The van der Waals surface area contributed by atoms with Crippen LogP contribution in [0.3, 0.4) is 0 Å². The number of anilines is 1. The minimum Gasteiger partial charge on any atom is -0.491 e. The van der Waals surface area contributed by atoms with Crippen molar-refractivity contribution in [2.45, 2.75) is 25.9 Å². The molecular weight excluding hydrogens is 334 g/mol. The number of hydrogen-bond donors (Lipinski definition) is 2. The Balaban J connectivity index is 1.68. The van der Waals surface area contributed by atoms with Crippen molar-refractivity contribution in [3.05, 3.63) is 59.2 Å². The number of benzene rings is 2. The molecule has 1 aliphatic heterocycles. The highest BCUT2D eigenvalue weighted by Crippen LogP contribution is 2.20. The number of carbonyl (C=O) groups is 2. The topological polar surface area (TPSA) is 84.9 Å². The third kappa shape index (κ3) is 4.40. The van der Waals surface area contributed by atoms with Crippen molar-refractivity contribution in [3.8, 4) is 5.75 Å². The Morgan fingerprint density at radius 1 is 1.23 bits per heavy atom. The van der Waals surface area contributed by atoms with Gasteiger partial charge in [0.05, 0.1) is 11.7 Å². The van der Waals surface area contributed by atoms with Crippen LogP contribution >= 0.6 is 0 Å². The second kappa shape index (κ2) is 8.01. The Labute approximate surface area is 151 Å². The number of nitrogens with one attached hydrogen (secondary N) is 1. The van der Waals surface area contributed by atoms with E-state index < -0.39 is 5.97 Å². The molecule has 0 bridgehead atoms. The fourth-order valence-electron chi connectivity index (χ4n) is 2.78. The Hall–Kier alpha value is -2.86. The Morgan fingerprint density at radius 3 is 2.81 bits per heavy atom. The Bertz CT molecular complexity index is 812. The zero-order valence-corrected chi connectivity index (χ0v) is 14.5. The molecule has 2 N–H and O–H groups in total. The van der Waals surface area contributed by atoms with Crippen molar-refractivity contribution >= 4 is 17.6 Å². The van der Waals surface area contributed by atoms with Crippen LogP contribution in [0.5, 0.6) is 5.75 Å². The predicted molar refractivity (Wildman–Crippen MR) is 97.0 cm³/mol. The normalized spacial score (nSPS) is 16.3. The van der Waals surface area contributed by atoms with E-state index in [0.29, 0.717) is 23.6 Å². The van der Waals surface area contributed by atoms with E-state index in [1.807, 2.05) is 6.92 Å². The number of rotatable bonds is 6. The molecule has 0 aliphatic carbocycles. The lowest BCUT2D eigenvalue weighted by atomic mass is 10.1. The van der Waals surface area contributed by atoms with E-state index in [1.54, 1.807) is 30.3 Å². The Kier molecular flexibility index (Phi) is 5.53. The molecule has 0 radical (unpaired) electrons. The Morgan fingerprint density at radius 2 is 2.08 bits per heavy atom. The first-order valence-corrected chi connectivity index (χ1v) is 8.52. The van der Waals surface area contributed by atoms with Crippen molar-refractivity contribution in [2.75, 3.05) is 18.5 Å². The van der Waals surface area contributed by atoms with Gasteiger partial charge in [0.1, 0.15) is 12.4 Å². The quantitative estimate of drug-likeness (QED) is 0.828. The summed E-state index contributed by atoms with van der Waals surface area (Å²) in [4.78, 5) is 23.6. The molecule has 1 saturated heterocycles. The summed E-state index contributed by atoms with van der Waals surface area (Å²) < 4.78 is 11.2. The maximum absolute atomic E-state index is 12.5. The van der Waals surface area contributed by atoms with Gasteiger partial charge < -0.3 is 19.9 Å². The molecule has 26 heavy (non-hydrogen) atoms. The SMILES string of the molecule is Cc1ccc(C(=O)O)cc1NC(=O)c1cccc(OCC2CCCO2)c1. The number of carboxylic acid groups (broad SMARTS) is 1. The molecule has 136 valence electrons. The van der Waals surface area contributed by atoms with Gasteiger partial charge in [0.2, 0.25) is 0 Å². The summed E-state index contributed by atoms with van der Waals surface area (Å²) in [6.07, 6.45) is 2.14. The highest BCUT2D eigenvalue weighted by Gasteiger charge is 2.16. The summed E-state index contributed by atoms with van der Waals surface area (Å²) in [6, 6.07) is 11.5. The summed E-state index contributed by atoms with van der Waals surface area (Å²) in [5.74, 6) is -0.757. The molecule has 2 aromatic carbocycles. The van der Waals surface area contributed by atoms with Crippen molar-refractivity contribution in [3.63, 3.8) is 0 Å². The van der Waals surface area contributed by atoms with E-state index >= 15 is 0 Å². The maximum atomic E-state index is 12.5. The van der Waals surface area contributed by atoms with Gasteiger partial charge in [-0.25, -0.2) is 4.79 Å². The van der Waals surface area contributed by atoms with Crippen LogP contribution in [0, 0.1) is 6.92 Å². The highest BCUT2D eigenvalue weighted by atomic mass is 16.5. The largest absolute Gasteiger partial charge is 0.491 e. The first kappa shape index (κ1) is 17.9. The fourth-order valence-corrected chi connectivity index (χ4v) is 2.78. The second-order valence-electron chi connectivity index (χ2n) is 6.26. The van der Waals surface area contributed by atoms with Crippen LogP contribution in [0.25, 0.3) is 0 Å². The summed E-state index contributed by atoms with van der Waals surface area (Å²) in [7, 11) is 0. The molecule has 0 spiro atoms. The average Bonchev–Trinajstić information content (AvgIpc) is 3.15. The van der Waals surface area contributed by atoms with E-state index in [0.717, 1.165) is 25.0 Å². The third-order valence-corrected chi connectivity index (χ3v) is 4.29. The second-order valence-corrected chi connectivity index (χ2v) is 6.26. The summed E-state index contributed by atoms with van der Waals surface area (Å²) in [5, 5.41) is 11.9. The zero-order chi connectivity index (χ0) is 18.5. The molecule has 1 unspecified atom stereocenters. The molecule has 3 rings (SSSR count). The number of ether oxygens (including phenoxy) is 2. The maximum Gasteiger partial charge on any atom is 0.335 e. The van der Waals surface area contributed by atoms with Crippen molar-refractivity contribution in [1.82, 2.24) is 0 Å². The molecular formula is C20H21NO5. The van der Waals surface area contributed by atoms with Crippen molar-refractivity contribution in [1.29, 1.82) is 0 Å². The minimum atomic E-state index is -1.04. The summed E-state index contributed by atoms with van der Waals surface area (Å²) >= 11 is 0. The van der Waals surface area contributed by atoms with Gasteiger partial charge in [-0.1, -0.05) is 12.1 Å². The summed E-state index contributed by atoms with van der Waals surface area (Å²) in [6.45, 7) is 3.04. The van der Waals surface area contributed by atoms with Crippen LogP contribution in [0.1, 0.15) is 39.1 Å².